The van der Waals surface area contributed by atoms with Gasteiger partial charge in [-0.3, -0.25) is 9.79 Å². The number of aromatic nitrogens is 1. The Morgan fingerprint density at radius 3 is 2.85 bits per heavy atom. The summed E-state index contributed by atoms with van der Waals surface area (Å²) in [6.07, 6.45) is -2.38. The third-order valence-corrected chi connectivity index (χ3v) is 7.20. The van der Waals surface area contributed by atoms with Crippen LogP contribution in [0.25, 0.3) is 0 Å². The van der Waals surface area contributed by atoms with Crippen molar-refractivity contribution >= 4 is 17.6 Å². The summed E-state index contributed by atoms with van der Waals surface area (Å²) >= 11 is 0. The van der Waals surface area contributed by atoms with Crippen LogP contribution in [0.5, 0.6) is 5.88 Å². The summed E-state index contributed by atoms with van der Waals surface area (Å²) < 4.78 is 57.9. The molecule has 1 aromatic carbocycles. The smallest absolute Gasteiger partial charge is 0.416 e. The van der Waals surface area contributed by atoms with E-state index in [2.05, 4.69) is 25.8 Å². The molecule has 13 heteroatoms. The summed E-state index contributed by atoms with van der Waals surface area (Å²) in [5, 5.41) is 8.91. The van der Waals surface area contributed by atoms with E-state index >= 15 is 0 Å². The molecule has 4 aliphatic heterocycles. The summed E-state index contributed by atoms with van der Waals surface area (Å²) in [6.45, 7) is 5.76. The van der Waals surface area contributed by atoms with E-state index in [1.54, 1.807) is 24.4 Å². The van der Waals surface area contributed by atoms with Crippen molar-refractivity contribution in [3.8, 4) is 5.88 Å². The lowest BCUT2D eigenvalue weighted by atomic mass is 9.94. The summed E-state index contributed by atoms with van der Waals surface area (Å²) in [7, 11) is 0. The van der Waals surface area contributed by atoms with Crippen molar-refractivity contribution in [1.29, 1.82) is 0 Å². The molecule has 1 unspecified atom stereocenters. The molecule has 2 aromatic rings. The van der Waals surface area contributed by atoms with Crippen LogP contribution in [-0.4, -0.2) is 65.9 Å². The highest BCUT2D eigenvalue weighted by Gasteiger charge is 2.47. The van der Waals surface area contributed by atoms with E-state index in [1.807, 2.05) is 13.8 Å². The summed E-state index contributed by atoms with van der Waals surface area (Å²) in [4.78, 5) is 25.1. The van der Waals surface area contributed by atoms with Crippen LogP contribution in [0.3, 0.4) is 0 Å². The SMILES string of the molecule is CC1(C)OC[C@@H](COc2cccc(NC(=O)C3(c4cccc(C(F)(F)F)c4)NC=C4C(=N[C@H]5CCN4C5)N3)n2)O1. The van der Waals surface area contributed by atoms with Gasteiger partial charge in [-0.2, -0.15) is 18.2 Å². The Kier molecular flexibility index (Phi) is 6.37. The molecule has 2 saturated heterocycles. The van der Waals surface area contributed by atoms with Crippen molar-refractivity contribution in [1.82, 2.24) is 20.5 Å². The minimum Gasteiger partial charge on any atom is -0.475 e. The number of fused-ring (bicyclic) bond motifs is 4. The van der Waals surface area contributed by atoms with Gasteiger partial charge in [0.25, 0.3) is 5.91 Å². The largest absolute Gasteiger partial charge is 0.475 e. The van der Waals surface area contributed by atoms with Gasteiger partial charge in [0.15, 0.2) is 5.79 Å². The van der Waals surface area contributed by atoms with Gasteiger partial charge in [0, 0.05) is 30.9 Å². The first-order valence-electron chi connectivity index (χ1n) is 13.0. The molecule has 2 fully saturated rings. The normalized spacial score (nSPS) is 26.7. The number of carbonyl (C=O) groups excluding carboxylic acids is 1. The van der Waals surface area contributed by atoms with Gasteiger partial charge in [0.1, 0.15) is 24.4 Å². The zero-order valence-electron chi connectivity index (χ0n) is 21.9. The predicted octanol–water partition coefficient (Wildman–Crippen LogP) is 2.94. The number of rotatable bonds is 6. The Hall–Kier alpha value is -3.84. The first-order chi connectivity index (χ1) is 19.0. The Bertz CT molecular complexity index is 1380. The van der Waals surface area contributed by atoms with Gasteiger partial charge in [-0.05, 0) is 38.5 Å². The van der Waals surface area contributed by atoms with Gasteiger partial charge < -0.3 is 35.1 Å². The molecule has 1 amide bonds. The van der Waals surface area contributed by atoms with Gasteiger partial charge >= 0.3 is 6.18 Å². The summed E-state index contributed by atoms with van der Waals surface area (Å²) in [5.41, 5.74) is -1.83. The number of nitrogens with one attached hydrogen (secondary N) is 3. The van der Waals surface area contributed by atoms with E-state index in [0.717, 1.165) is 37.3 Å². The minimum absolute atomic E-state index is 0.0512. The fraction of sp³-hybridized carbons (Fsp3) is 0.444. The average molecular weight is 559 g/mol. The number of carbonyl (C=O) groups is 1. The molecule has 0 spiro atoms. The van der Waals surface area contributed by atoms with Crippen LogP contribution in [-0.2, 0) is 26.1 Å². The van der Waals surface area contributed by atoms with Crippen LogP contribution >= 0.6 is 0 Å². The van der Waals surface area contributed by atoms with Crippen molar-refractivity contribution in [3.63, 3.8) is 0 Å². The van der Waals surface area contributed by atoms with Crippen LogP contribution in [0.1, 0.15) is 31.4 Å². The Balaban J connectivity index is 1.27. The van der Waals surface area contributed by atoms with Gasteiger partial charge in [0.2, 0.25) is 11.5 Å². The van der Waals surface area contributed by atoms with Crippen molar-refractivity contribution in [2.24, 2.45) is 4.99 Å². The molecular weight excluding hydrogens is 529 g/mol. The maximum atomic E-state index is 13.9. The number of benzene rings is 1. The lowest BCUT2D eigenvalue weighted by Gasteiger charge is -2.42. The first-order valence-corrected chi connectivity index (χ1v) is 13.0. The van der Waals surface area contributed by atoms with Gasteiger partial charge in [-0.25, -0.2) is 0 Å². The molecule has 1 aromatic heterocycles. The number of halogens is 3. The van der Waals surface area contributed by atoms with Gasteiger partial charge in [0.05, 0.1) is 23.9 Å². The maximum Gasteiger partial charge on any atom is 0.416 e. The van der Waals surface area contributed by atoms with E-state index in [9.17, 15) is 18.0 Å². The third kappa shape index (κ3) is 5.06. The molecule has 10 nitrogen and oxygen atoms in total. The second-order valence-electron chi connectivity index (χ2n) is 10.6. The Labute approximate surface area is 228 Å². The number of amides is 1. The molecule has 6 rings (SSSR count). The number of hydrogen-bond donors (Lipinski definition) is 3. The molecule has 3 atom stereocenters. The summed E-state index contributed by atoms with van der Waals surface area (Å²) in [6, 6.07) is 9.55. The number of hydrogen-bond acceptors (Lipinski definition) is 9. The third-order valence-electron chi connectivity index (χ3n) is 7.20. The molecule has 0 saturated carbocycles. The maximum absolute atomic E-state index is 13.9. The molecule has 0 radical (unpaired) electrons. The number of nitrogens with zero attached hydrogens (tertiary/aromatic N) is 3. The van der Waals surface area contributed by atoms with Gasteiger partial charge in [-0.1, -0.05) is 18.2 Å². The van der Waals surface area contributed by atoms with E-state index in [0.29, 0.717) is 12.4 Å². The lowest BCUT2D eigenvalue weighted by molar-refractivity contribution is -0.141. The standard InChI is InChI=1S/C27H29F3N6O4/c1-25(2)39-15-19(40-25)14-38-22-8-4-7-21(33-22)34-24(37)26(16-5-3-6-17(11-16)27(28,29)30)31-12-20-23(35-26)32-18-9-10-36(20)13-18/h3-8,11-12,18-19,31H,9-10,13-15H2,1-2H3,(H,32,35)(H,33,34,37)/t18-,19+,26?/m0/s1. The van der Waals surface area contributed by atoms with Crippen LogP contribution in [0, 0.1) is 0 Å². The number of anilines is 1. The number of aliphatic imine (C=N–C) groups is 1. The molecule has 212 valence electrons. The van der Waals surface area contributed by atoms with Crippen LogP contribution in [0.2, 0.25) is 0 Å². The molecule has 40 heavy (non-hydrogen) atoms. The molecule has 5 heterocycles. The number of alkyl halides is 3. The number of amidine groups is 1. The van der Waals surface area contributed by atoms with E-state index in [1.165, 1.54) is 12.1 Å². The minimum atomic E-state index is -4.59. The predicted molar refractivity (Wildman–Crippen MR) is 138 cm³/mol. The molecule has 0 aliphatic carbocycles. The Morgan fingerprint density at radius 1 is 1.25 bits per heavy atom. The van der Waals surface area contributed by atoms with Crippen molar-refractivity contribution in [2.45, 2.75) is 50.0 Å². The van der Waals surface area contributed by atoms with Crippen LogP contribution in [0.15, 0.2) is 59.4 Å². The van der Waals surface area contributed by atoms with Gasteiger partial charge in [-0.15, -0.1) is 0 Å². The average Bonchev–Trinajstić information content (AvgIpc) is 3.48. The Morgan fingerprint density at radius 2 is 2.08 bits per heavy atom. The monoisotopic (exact) mass is 558 g/mol. The second kappa shape index (κ2) is 9.66. The van der Waals surface area contributed by atoms with Crippen LogP contribution in [0.4, 0.5) is 19.0 Å². The molecule has 2 bridgehead atoms. The van der Waals surface area contributed by atoms with Crippen molar-refractivity contribution in [3.05, 3.63) is 65.5 Å². The first kappa shape index (κ1) is 26.4. The molecular formula is C27H29F3N6O4. The van der Waals surface area contributed by atoms with Crippen LogP contribution < -0.4 is 20.7 Å². The highest BCUT2D eigenvalue weighted by Crippen LogP contribution is 2.35. The fourth-order valence-corrected chi connectivity index (χ4v) is 5.25. The van der Waals surface area contributed by atoms with Crippen molar-refractivity contribution < 1.29 is 32.2 Å². The zero-order valence-corrected chi connectivity index (χ0v) is 21.9. The number of ether oxygens (including phenoxy) is 3. The van der Waals surface area contributed by atoms with E-state index in [4.69, 9.17) is 19.2 Å². The molecule has 4 aliphatic rings. The quantitative estimate of drug-likeness (QED) is 0.497. The topological polar surface area (TPSA) is 109 Å². The fourth-order valence-electron chi connectivity index (χ4n) is 5.25. The lowest BCUT2D eigenvalue weighted by Crippen LogP contribution is -2.65. The number of pyridine rings is 1. The second-order valence-corrected chi connectivity index (χ2v) is 10.6. The van der Waals surface area contributed by atoms with E-state index < -0.39 is 29.1 Å². The van der Waals surface area contributed by atoms with Crippen molar-refractivity contribution in [2.75, 3.05) is 31.6 Å². The zero-order chi connectivity index (χ0) is 28.1. The molecule has 3 N–H and O–H groups in total. The summed E-state index contributed by atoms with van der Waals surface area (Å²) in [5.74, 6) is -0.510. The highest BCUT2D eigenvalue weighted by molar-refractivity contribution is 6.07. The highest BCUT2D eigenvalue weighted by atomic mass is 19.4. The van der Waals surface area contributed by atoms with E-state index in [-0.39, 0.29) is 36.0 Å².